The Labute approximate surface area is 216 Å². The van der Waals surface area contributed by atoms with Gasteiger partial charge in [-0.1, -0.05) is 23.7 Å². The highest BCUT2D eigenvalue weighted by molar-refractivity contribution is 6.30. The first kappa shape index (κ1) is 26.6. The van der Waals surface area contributed by atoms with Crippen LogP contribution >= 0.6 is 11.6 Å². The van der Waals surface area contributed by atoms with Crippen molar-refractivity contribution in [3.05, 3.63) is 64.8 Å². The fourth-order valence-corrected chi connectivity index (χ4v) is 4.36. The molecule has 0 aliphatic carbocycles. The van der Waals surface area contributed by atoms with Gasteiger partial charge >= 0.3 is 18.4 Å². The molecule has 1 N–H and O–H groups in total. The summed E-state index contributed by atoms with van der Waals surface area (Å²) in [6.07, 6.45) is -4.38. The Hall–Kier alpha value is -3.44. The molecule has 3 aromatic rings. The van der Waals surface area contributed by atoms with Gasteiger partial charge in [0.15, 0.2) is 5.82 Å². The summed E-state index contributed by atoms with van der Waals surface area (Å²) in [7, 11) is 0. The highest BCUT2D eigenvalue weighted by Gasteiger charge is 2.40. The molecule has 0 spiro atoms. The zero-order chi connectivity index (χ0) is 26.7. The molecule has 4 rings (SSSR count). The summed E-state index contributed by atoms with van der Waals surface area (Å²) in [5, 5.41) is 9.92. The van der Waals surface area contributed by atoms with E-state index in [1.807, 2.05) is 30.5 Å². The third kappa shape index (κ3) is 5.94. The maximum Gasteiger partial charge on any atom is 0.573 e. The number of ether oxygens (including phenoxy) is 2. The number of carbonyl (C=O) groups is 1. The molecule has 1 aromatic heterocycles. The predicted molar refractivity (Wildman–Crippen MR) is 131 cm³/mol. The number of nitrogens with zero attached hydrogens (tertiary/aromatic N) is 4. The molecule has 1 aliphatic heterocycles. The summed E-state index contributed by atoms with van der Waals surface area (Å²) < 4.78 is 49.4. The van der Waals surface area contributed by atoms with Gasteiger partial charge in [-0.15, -0.1) is 13.2 Å². The Bertz CT molecular complexity index is 1230. The van der Waals surface area contributed by atoms with Crippen molar-refractivity contribution in [1.29, 1.82) is 0 Å². The lowest BCUT2D eigenvalue weighted by atomic mass is 10.1. The van der Waals surface area contributed by atoms with Crippen molar-refractivity contribution in [2.45, 2.75) is 39.2 Å². The van der Waals surface area contributed by atoms with Crippen LogP contribution < -0.4 is 14.4 Å². The van der Waals surface area contributed by atoms with E-state index in [-0.39, 0.29) is 36.2 Å². The molecule has 0 fully saturated rings. The van der Waals surface area contributed by atoms with Crippen LogP contribution in [0.5, 0.6) is 17.5 Å². The summed E-state index contributed by atoms with van der Waals surface area (Å²) in [6.45, 7) is 4.72. The first-order valence-electron chi connectivity index (χ1n) is 11.7. The number of alkyl halides is 3. The summed E-state index contributed by atoms with van der Waals surface area (Å²) in [5.74, 6) is 0.314. The molecule has 8 nitrogen and oxygen atoms in total. The monoisotopic (exact) mass is 538 g/mol. The first-order valence-corrected chi connectivity index (χ1v) is 12.1. The fourth-order valence-electron chi connectivity index (χ4n) is 4.24. The van der Waals surface area contributed by atoms with Crippen LogP contribution in [0.1, 0.15) is 37.6 Å². The van der Waals surface area contributed by atoms with E-state index in [1.165, 1.54) is 17.0 Å². The predicted octanol–water partition coefficient (Wildman–Crippen LogP) is 5.98. The first-order chi connectivity index (χ1) is 17.6. The smallest absolute Gasteiger partial charge is 0.425 e. The molecule has 0 saturated carbocycles. The molecule has 37 heavy (non-hydrogen) atoms. The summed E-state index contributed by atoms with van der Waals surface area (Å²) in [5.41, 5.74) is 1.64. The molecule has 1 aliphatic rings. The van der Waals surface area contributed by atoms with Crippen molar-refractivity contribution in [3.63, 3.8) is 0 Å². The van der Waals surface area contributed by atoms with Crippen LogP contribution in [0.3, 0.4) is 0 Å². The SMILES string of the molecule is CCN1C(=O)N(CCCO)C(C)c2c1nc(Oc1ccc(OC(F)(F)F)cc1)n2Cc1ccc(Cl)cc1. The van der Waals surface area contributed by atoms with E-state index in [0.29, 0.717) is 36.9 Å². The van der Waals surface area contributed by atoms with Crippen LogP contribution in [0.15, 0.2) is 48.5 Å². The number of benzene rings is 2. The van der Waals surface area contributed by atoms with Crippen LogP contribution in [0.25, 0.3) is 0 Å². The number of amides is 2. The zero-order valence-electron chi connectivity index (χ0n) is 20.2. The Balaban J connectivity index is 1.75. The second-order valence-electron chi connectivity index (χ2n) is 8.41. The van der Waals surface area contributed by atoms with Crippen LogP contribution in [-0.2, 0) is 6.54 Å². The highest BCUT2D eigenvalue weighted by Crippen LogP contribution is 2.40. The fraction of sp³-hybridized carbons (Fsp3) is 0.360. The summed E-state index contributed by atoms with van der Waals surface area (Å²) in [4.78, 5) is 21.1. The standard InChI is InChI=1S/C25H26ClF3N4O4/c1-3-31-22-21(16(2)32(24(31)35)13-4-14-34)33(15-17-5-7-18(26)8-6-17)23(30-22)36-19-9-11-20(12-10-19)37-25(27,28)29/h5-12,16,34H,3-4,13-15H2,1-2H3. The van der Waals surface area contributed by atoms with Gasteiger partial charge in [-0.3, -0.25) is 9.47 Å². The normalized spacial score (nSPS) is 15.6. The van der Waals surface area contributed by atoms with Gasteiger partial charge in [-0.25, -0.2) is 4.79 Å². The third-order valence-corrected chi connectivity index (χ3v) is 6.19. The van der Waals surface area contributed by atoms with E-state index in [4.69, 9.17) is 16.3 Å². The lowest BCUT2D eigenvalue weighted by Gasteiger charge is -2.39. The quantitative estimate of drug-likeness (QED) is 0.362. The largest absolute Gasteiger partial charge is 0.573 e. The van der Waals surface area contributed by atoms with Crippen LogP contribution in [0.4, 0.5) is 23.8 Å². The average Bonchev–Trinajstić information content (AvgIpc) is 3.18. The van der Waals surface area contributed by atoms with Crippen molar-refractivity contribution in [3.8, 4) is 17.5 Å². The molecule has 198 valence electrons. The average molecular weight is 539 g/mol. The lowest BCUT2D eigenvalue weighted by Crippen LogP contribution is -2.49. The van der Waals surface area contributed by atoms with Gasteiger partial charge in [0.05, 0.1) is 18.3 Å². The highest BCUT2D eigenvalue weighted by atomic mass is 35.5. The molecule has 2 amide bonds. The van der Waals surface area contributed by atoms with Crippen LogP contribution in [0, 0.1) is 0 Å². The summed E-state index contributed by atoms with van der Waals surface area (Å²) in [6, 6.07) is 11.8. The number of carbonyl (C=O) groups excluding carboxylic acids is 1. The Kier molecular flexibility index (Phi) is 7.84. The second kappa shape index (κ2) is 10.9. The lowest BCUT2D eigenvalue weighted by molar-refractivity contribution is -0.274. The van der Waals surface area contributed by atoms with Gasteiger partial charge < -0.3 is 19.5 Å². The van der Waals surface area contributed by atoms with Gasteiger partial charge in [0.25, 0.3) is 0 Å². The molecular formula is C25H26ClF3N4O4. The molecule has 2 heterocycles. The molecule has 12 heteroatoms. The number of hydrogen-bond donors (Lipinski definition) is 1. The van der Waals surface area contributed by atoms with E-state index in [2.05, 4.69) is 9.72 Å². The van der Waals surface area contributed by atoms with Gasteiger partial charge in [0.1, 0.15) is 11.5 Å². The van der Waals surface area contributed by atoms with Crippen LogP contribution in [-0.4, -0.2) is 51.6 Å². The zero-order valence-corrected chi connectivity index (χ0v) is 21.0. The van der Waals surface area contributed by atoms with Crippen molar-refractivity contribution in [2.75, 3.05) is 24.6 Å². The Morgan fingerprint density at radius 2 is 1.73 bits per heavy atom. The van der Waals surface area contributed by atoms with Gasteiger partial charge in [0, 0.05) is 24.7 Å². The van der Waals surface area contributed by atoms with E-state index in [9.17, 15) is 23.1 Å². The second-order valence-corrected chi connectivity index (χ2v) is 8.85. The molecule has 0 radical (unpaired) electrons. The number of halogens is 4. The number of rotatable bonds is 9. The molecule has 2 aromatic carbocycles. The topological polar surface area (TPSA) is 80.1 Å². The molecule has 0 saturated heterocycles. The van der Waals surface area contributed by atoms with Crippen LogP contribution in [0.2, 0.25) is 5.02 Å². The van der Waals surface area contributed by atoms with Crippen molar-refractivity contribution >= 4 is 23.4 Å². The summed E-state index contributed by atoms with van der Waals surface area (Å²) >= 11 is 6.05. The van der Waals surface area contributed by atoms with Crippen molar-refractivity contribution in [1.82, 2.24) is 14.5 Å². The van der Waals surface area contributed by atoms with E-state index >= 15 is 0 Å². The minimum Gasteiger partial charge on any atom is -0.425 e. The third-order valence-electron chi connectivity index (χ3n) is 5.94. The molecule has 1 unspecified atom stereocenters. The van der Waals surface area contributed by atoms with Crippen molar-refractivity contribution < 1.29 is 32.5 Å². The minimum atomic E-state index is -4.80. The van der Waals surface area contributed by atoms with E-state index < -0.39 is 6.36 Å². The molecule has 0 bridgehead atoms. The minimum absolute atomic E-state index is 0.0536. The number of fused-ring (bicyclic) bond motifs is 1. The number of aromatic nitrogens is 2. The number of aliphatic hydroxyl groups is 1. The number of imidazole rings is 1. The van der Waals surface area contributed by atoms with E-state index in [0.717, 1.165) is 23.4 Å². The molecular weight excluding hydrogens is 513 g/mol. The number of urea groups is 1. The van der Waals surface area contributed by atoms with Crippen molar-refractivity contribution in [2.24, 2.45) is 0 Å². The maximum absolute atomic E-state index is 13.2. The number of anilines is 1. The van der Waals surface area contributed by atoms with E-state index in [1.54, 1.807) is 17.0 Å². The Morgan fingerprint density at radius 3 is 2.32 bits per heavy atom. The number of hydrogen-bond acceptors (Lipinski definition) is 5. The maximum atomic E-state index is 13.2. The number of aliphatic hydroxyl groups excluding tert-OH is 1. The Morgan fingerprint density at radius 1 is 1.08 bits per heavy atom. The van der Waals surface area contributed by atoms with Gasteiger partial charge in [-0.2, -0.15) is 4.98 Å². The van der Waals surface area contributed by atoms with Gasteiger partial charge in [0.2, 0.25) is 0 Å². The van der Waals surface area contributed by atoms with Gasteiger partial charge in [-0.05, 0) is 62.2 Å². The molecule has 1 atom stereocenters.